The second-order valence-electron chi connectivity index (χ2n) is 6.80. The van der Waals surface area contributed by atoms with E-state index in [1.165, 1.54) is 12.3 Å². The number of amides is 1. The molecular formula is C18H24FN3O. The Hall–Kier alpha value is -1.75. The summed E-state index contributed by atoms with van der Waals surface area (Å²) in [6, 6.07) is 6.29. The number of aliphatic imine (C=N–C) groups is 1. The van der Waals surface area contributed by atoms with E-state index in [9.17, 15) is 9.18 Å². The Labute approximate surface area is 137 Å². The molecule has 4 nitrogen and oxygen atoms in total. The Kier molecular flexibility index (Phi) is 4.48. The standard InChI is InChI=1S/C18H24FN3O/c1-12(2)21-10-16-8-15(21)11-22(16)18(23)7-13-4-5-14(9-20-3)17(19)6-13/h4-6,9,12,15-16H,7-8,10-11H2,1-3H3/b20-9+/t15-,16-/m1/s1. The molecule has 5 heteroatoms. The molecule has 2 heterocycles. The number of piperazine rings is 1. The average Bonchev–Trinajstić information content (AvgIpc) is 3.10. The first-order valence-corrected chi connectivity index (χ1v) is 8.25. The molecule has 0 radical (unpaired) electrons. The van der Waals surface area contributed by atoms with Crippen LogP contribution in [0.5, 0.6) is 0 Å². The van der Waals surface area contributed by atoms with Gasteiger partial charge in [0, 0.05) is 50.0 Å². The summed E-state index contributed by atoms with van der Waals surface area (Å²) in [5, 5.41) is 0. The summed E-state index contributed by atoms with van der Waals surface area (Å²) in [4.78, 5) is 20.9. The van der Waals surface area contributed by atoms with Gasteiger partial charge in [-0.3, -0.25) is 14.7 Å². The summed E-state index contributed by atoms with van der Waals surface area (Å²) < 4.78 is 13.9. The zero-order valence-corrected chi connectivity index (χ0v) is 14.0. The van der Waals surface area contributed by atoms with Gasteiger partial charge in [-0.25, -0.2) is 4.39 Å². The third-order valence-corrected chi connectivity index (χ3v) is 4.95. The van der Waals surface area contributed by atoms with E-state index in [2.05, 4.69) is 23.7 Å². The van der Waals surface area contributed by atoms with E-state index in [-0.39, 0.29) is 18.1 Å². The maximum atomic E-state index is 13.9. The van der Waals surface area contributed by atoms with Gasteiger partial charge in [0.2, 0.25) is 5.91 Å². The summed E-state index contributed by atoms with van der Waals surface area (Å²) in [7, 11) is 1.61. The van der Waals surface area contributed by atoms with Crippen molar-refractivity contribution in [1.82, 2.24) is 9.80 Å². The van der Waals surface area contributed by atoms with Crippen molar-refractivity contribution in [2.75, 3.05) is 20.1 Å². The number of hydrogen-bond donors (Lipinski definition) is 0. The molecule has 1 aromatic carbocycles. The molecule has 2 bridgehead atoms. The molecule has 124 valence electrons. The highest BCUT2D eigenvalue weighted by molar-refractivity contribution is 5.82. The van der Waals surface area contributed by atoms with Crippen LogP contribution in [0.25, 0.3) is 0 Å². The van der Waals surface area contributed by atoms with Crippen molar-refractivity contribution >= 4 is 12.1 Å². The molecule has 0 aromatic heterocycles. The maximum Gasteiger partial charge on any atom is 0.227 e. The number of carbonyl (C=O) groups is 1. The minimum absolute atomic E-state index is 0.109. The minimum atomic E-state index is -0.324. The number of rotatable bonds is 4. The predicted octanol–water partition coefficient (Wildman–Crippen LogP) is 2.11. The molecule has 23 heavy (non-hydrogen) atoms. The van der Waals surface area contributed by atoms with Gasteiger partial charge in [-0.05, 0) is 31.9 Å². The van der Waals surface area contributed by atoms with Gasteiger partial charge in [0.05, 0.1) is 6.42 Å². The Morgan fingerprint density at radius 1 is 1.39 bits per heavy atom. The van der Waals surface area contributed by atoms with Crippen LogP contribution in [-0.2, 0) is 11.2 Å². The van der Waals surface area contributed by atoms with Gasteiger partial charge in [0.1, 0.15) is 5.82 Å². The van der Waals surface area contributed by atoms with Gasteiger partial charge in [-0.1, -0.05) is 12.1 Å². The fourth-order valence-corrected chi connectivity index (χ4v) is 3.84. The number of nitrogens with zero attached hydrogens (tertiary/aromatic N) is 3. The van der Waals surface area contributed by atoms with Crippen molar-refractivity contribution in [2.45, 2.75) is 44.8 Å². The fraction of sp³-hybridized carbons (Fsp3) is 0.556. The van der Waals surface area contributed by atoms with Crippen LogP contribution < -0.4 is 0 Å². The summed E-state index contributed by atoms with van der Waals surface area (Å²) in [6.45, 7) is 6.19. The minimum Gasteiger partial charge on any atom is -0.337 e. The molecule has 0 N–H and O–H groups in total. The zero-order valence-electron chi connectivity index (χ0n) is 14.0. The molecule has 3 rings (SSSR count). The molecule has 0 aliphatic carbocycles. The first-order valence-electron chi connectivity index (χ1n) is 8.25. The lowest BCUT2D eigenvalue weighted by molar-refractivity contribution is -0.133. The number of carbonyl (C=O) groups excluding carboxylic acids is 1. The lowest BCUT2D eigenvalue weighted by atomic mass is 10.1. The van der Waals surface area contributed by atoms with E-state index in [0.29, 0.717) is 23.7 Å². The van der Waals surface area contributed by atoms with Gasteiger partial charge in [0.15, 0.2) is 0 Å². The number of fused-ring (bicyclic) bond motifs is 2. The normalized spacial score (nSPS) is 24.3. The average molecular weight is 317 g/mol. The Bertz CT molecular complexity index is 629. The van der Waals surface area contributed by atoms with E-state index in [1.54, 1.807) is 13.1 Å². The van der Waals surface area contributed by atoms with E-state index < -0.39 is 0 Å². The summed E-state index contributed by atoms with van der Waals surface area (Å²) in [6.07, 6.45) is 2.83. The van der Waals surface area contributed by atoms with E-state index in [4.69, 9.17) is 0 Å². The van der Waals surface area contributed by atoms with Gasteiger partial charge >= 0.3 is 0 Å². The van der Waals surface area contributed by atoms with Crippen LogP contribution in [0.3, 0.4) is 0 Å². The van der Waals surface area contributed by atoms with Crippen molar-refractivity contribution in [3.8, 4) is 0 Å². The van der Waals surface area contributed by atoms with Crippen LogP contribution in [0, 0.1) is 5.82 Å². The van der Waals surface area contributed by atoms with Gasteiger partial charge in [-0.2, -0.15) is 0 Å². The number of hydrogen-bond acceptors (Lipinski definition) is 3. The molecule has 0 saturated carbocycles. The molecule has 2 aliphatic rings. The smallest absolute Gasteiger partial charge is 0.227 e. The van der Waals surface area contributed by atoms with Crippen molar-refractivity contribution in [3.63, 3.8) is 0 Å². The van der Waals surface area contributed by atoms with Crippen LogP contribution in [0.4, 0.5) is 4.39 Å². The van der Waals surface area contributed by atoms with Crippen molar-refractivity contribution in [1.29, 1.82) is 0 Å². The van der Waals surface area contributed by atoms with Gasteiger partial charge < -0.3 is 4.90 Å². The van der Waals surface area contributed by atoms with Crippen LogP contribution in [-0.4, -0.2) is 60.2 Å². The summed E-state index contributed by atoms with van der Waals surface area (Å²) in [5.41, 5.74) is 1.18. The van der Waals surface area contributed by atoms with Crippen molar-refractivity contribution < 1.29 is 9.18 Å². The number of benzene rings is 1. The molecule has 2 atom stereocenters. The van der Waals surface area contributed by atoms with Crippen molar-refractivity contribution in [2.24, 2.45) is 4.99 Å². The highest BCUT2D eigenvalue weighted by Gasteiger charge is 2.45. The van der Waals surface area contributed by atoms with Gasteiger partial charge in [-0.15, -0.1) is 0 Å². The second kappa shape index (κ2) is 6.40. The van der Waals surface area contributed by atoms with Crippen molar-refractivity contribution in [3.05, 3.63) is 35.1 Å². The van der Waals surface area contributed by atoms with E-state index in [1.807, 2.05) is 11.0 Å². The SMILES string of the molecule is C/N=C/c1ccc(CC(=O)N2C[C@H]3C[C@@H]2CN3C(C)C)cc1F. The third-order valence-electron chi connectivity index (χ3n) is 4.95. The lowest BCUT2D eigenvalue weighted by Gasteiger charge is -2.36. The molecular weight excluding hydrogens is 293 g/mol. The fourth-order valence-electron chi connectivity index (χ4n) is 3.84. The highest BCUT2D eigenvalue weighted by Crippen LogP contribution is 2.32. The highest BCUT2D eigenvalue weighted by atomic mass is 19.1. The zero-order chi connectivity index (χ0) is 16.6. The molecule has 1 amide bonds. The molecule has 2 aliphatic heterocycles. The second-order valence-corrected chi connectivity index (χ2v) is 6.80. The molecule has 2 saturated heterocycles. The Morgan fingerprint density at radius 3 is 2.74 bits per heavy atom. The Balaban J connectivity index is 1.64. The third kappa shape index (κ3) is 3.15. The predicted molar refractivity (Wildman–Crippen MR) is 89.4 cm³/mol. The topological polar surface area (TPSA) is 35.9 Å². The largest absolute Gasteiger partial charge is 0.337 e. The quantitative estimate of drug-likeness (QED) is 0.798. The van der Waals surface area contributed by atoms with Crippen LogP contribution >= 0.6 is 0 Å². The first kappa shape index (κ1) is 16.1. The van der Waals surface area contributed by atoms with Crippen LogP contribution in [0.1, 0.15) is 31.4 Å². The molecule has 0 spiro atoms. The number of likely N-dealkylation sites (tertiary alicyclic amines) is 2. The van der Waals surface area contributed by atoms with E-state index in [0.717, 1.165) is 25.1 Å². The maximum absolute atomic E-state index is 13.9. The van der Waals surface area contributed by atoms with Crippen LogP contribution in [0.2, 0.25) is 0 Å². The monoisotopic (exact) mass is 317 g/mol. The first-order chi connectivity index (χ1) is 11.0. The van der Waals surface area contributed by atoms with Gasteiger partial charge in [0.25, 0.3) is 0 Å². The summed E-state index contributed by atoms with van der Waals surface area (Å²) >= 11 is 0. The number of halogens is 1. The molecule has 0 unspecified atom stereocenters. The molecule has 1 aromatic rings. The summed E-state index contributed by atoms with van der Waals surface area (Å²) in [5.74, 6) is -0.216. The van der Waals surface area contributed by atoms with Crippen LogP contribution in [0.15, 0.2) is 23.2 Å². The lowest BCUT2D eigenvalue weighted by Crippen LogP contribution is -2.51. The van der Waals surface area contributed by atoms with E-state index >= 15 is 0 Å². The molecule has 2 fully saturated rings. The Morgan fingerprint density at radius 2 is 2.17 bits per heavy atom.